The first-order valence-electron chi connectivity index (χ1n) is 5.80. The zero-order valence-electron chi connectivity index (χ0n) is 10.0. The molecule has 1 N–H and O–H groups in total. The van der Waals surface area contributed by atoms with Gasteiger partial charge in [-0.1, -0.05) is 0 Å². The van der Waals surface area contributed by atoms with Gasteiger partial charge in [0.1, 0.15) is 5.82 Å². The van der Waals surface area contributed by atoms with E-state index in [4.69, 9.17) is 0 Å². The van der Waals surface area contributed by atoms with Crippen molar-refractivity contribution in [3.8, 4) is 0 Å². The number of hydrogen-bond acceptors (Lipinski definition) is 3. The Bertz CT molecular complexity index is 414. The fourth-order valence-corrected chi connectivity index (χ4v) is 3.20. The molecule has 1 fully saturated rings. The van der Waals surface area contributed by atoms with Gasteiger partial charge in [-0.05, 0) is 37.7 Å². The standard InChI is InChI=1S/C12H15F3N2S/c1-11(4-2-6-18-11)8-17-10-7-9(3-5-16-10)12(13,14)15/h3,5,7H,2,4,6,8H2,1H3,(H,16,17). The topological polar surface area (TPSA) is 24.9 Å². The van der Waals surface area contributed by atoms with E-state index in [1.807, 2.05) is 11.8 Å². The van der Waals surface area contributed by atoms with Gasteiger partial charge in [0.2, 0.25) is 0 Å². The van der Waals surface area contributed by atoms with Crippen molar-refractivity contribution in [3.63, 3.8) is 0 Å². The molecule has 0 aromatic carbocycles. The molecule has 0 aliphatic carbocycles. The first kappa shape index (κ1) is 13.5. The molecule has 1 aromatic heterocycles. The minimum atomic E-state index is -4.31. The number of nitrogens with zero attached hydrogens (tertiary/aromatic N) is 1. The van der Waals surface area contributed by atoms with Crippen molar-refractivity contribution >= 4 is 17.6 Å². The molecule has 0 spiro atoms. The average Bonchev–Trinajstić information content (AvgIpc) is 2.74. The van der Waals surface area contributed by atoms with Crippen LogP contribution < -0.4 is 5.32 Å². The van der Waals surface area contributed by atoms with Crippen molar-refractivity contribution in [1.29, 1.82) is 0 Å². The Morgan fingerprint density at radius 1 is 1.50 bits per heavy atom. The lowest BCUT2D eigenvalue weighted by atomic mass is 10.1. The normalized spacial score (nSPS) is 24.2. The molecule has 0 radical (unpaired) electrons. The average molecular weight is 276 g/mol. The number of alkyl halides is 3. The van der Waals surface area contributed by atoms with Gasteiger partial charge >= 0.3 is 6.18 Å². The summed E-state index contributed by atoms with van der Waals surface area (Å²) < 4.78 is 37.7. The molecule has 1 unspecified atom stereocenters. The second-order valence-corrected chi connectivity index (χ2v) is 6.37. The lowest BCUT2D eigenvalue weighted by Gasteiger charge is -2.23. The zero-order valence-corrected chi connectivity index (χ0v) is 10.9. The minimum Gasteiger partial charge on any atom is -0.369 e. The third-order valence-corrected chi connectivity index (χ3v) is 4.57. The van der Waals surface area contributed by atoms with Gasteiger partial charge in [-0.2, -0.15) is 24.9 Å². The molecule has 0 bridgehead atoms. The fraction of sp³-hybridized carbons (Fsp3) is 0.583. The Morgan fingerprint density at radius 3 is 2.89 bits per heavy atom. The first-order valence-corrected chi connectivity index (χ1v) is 6.79. The molecule has 1 aliphatic rings. The molecule has 2 nitrogen and oxygen atoms in total. The lowest BCUT2D eigenvalue weighted by Crippen LogP contribution is -2.27. The Morgan fingerprint density at radius 2 is 2.28 bits per heavy atom. The molecule has 1 saturated heterocycles. The fourth-order valence-electron chi connectivity index (χ4n) is 1.96. The van der Waals surface area contributed by atoms with E-state index in [1.165, 1.54) is 12.6 Å². The molecule has 18 heavy (non-hydrogen) atoms. The molecular formula is C12H15F3N2S. The van der Waals surface area contributed by atoms with Crippen LogP contribution in [0.3, 0.4) is 0 Å². The number of rotatable bonds is 3. The molecule has 0 saturated carbocycles. The van der Waals surface area contributed by atoms with Gasteiger partial charge in [-0.15, -0.1) is 0 Å². The molecule has 1 aliphatic heterocycles. The maximum Gasteiger partial charge on any atom is 0.416 e. The lowest BCUT2D eigenvalue weighted by molar-refractivity contribution is -0.137. The number of pyridine rings is 1. The summed E-state index contributed by atoms with van der Waals surface area (Å²) in [5.41, 5.74) is -0.663. The molecule has 1 aromatic rings. The smallest absolute Gasteiger partial charge is 0.369 e. The van der Waals surface area contributed by atoms with E-state index in [1.54, 1.807) is 0 Å². The van der Waals surface area contributed by atoms with Crippen molar-refractivity contribution in [2.45, 2.75) is 30.7 Å². The van der Waals surface area contributed by atoms with E-state index in [0.29, 0.717) is 12.4 Å². The summed E-state index contributed by atoms with van der Waals surface area (Å²) in [7, 11) is 0. The van der Waals surface area contributed by atoms with Gasteiger partial charge in [-0.25, -0.2) is 4.98 Å². The second-order valence-electron chi connectivity index (χ2n) is 4.68. The summed E-state index contributed by atoms with van der Waals surface area (Å²) in [5.74, 6) is 1.41. The minimum absolute atomic E-state index is 0.107. The highest BCUT2D eigenvalue weighted by Gasteiger charge is 2.32. The molecule has 100 valence electrons. The predicted octanol–water partition coefficient (Wildman–Crippen LogP) is 3.80. The van der Waals surface area contributed by atoms with E-state index in [2.05, 4.69) is 17.2 Å². The maximum atomic E-state index is 12.5. The molecule has 2 rings (SSSR count). The monoisotopic (exact) mass is 276 g/mol. The van der Waals surface area contributed by atoms with Crippen LogP contribution in [0.5, 0.6) is 0 Å². The summed E-state index contributed by atoms with van der Waals surface area (Å²) in [6.45, 7) is 2.78. The van der Waals surface area contributed by atoms with Crippen LogP contribution in [-0.4, -0.2) is 22.0 Å². The van der Waals surface area contributed by atoms with Crippen LogP contribution in [0.15, 0.2) is 18.3 Å². The van der Waals surface area contributed by atoms with Gasteiger partial charge < -0.3 is 5.32 Å². The van der Waals surface area contributed by atoms with Crippen molar-refractivity contribution in [2.75, 3.05) is 17.6 Å². The van der Waals surface area contributed by atoms with Gasteiger partial charge in [0.25, 0.3) is 0 Å². The van der Waals surface area contributed by atoms with E-state index >= 15 is 0 Å². The Labute approximate surface area is 108 Å². The molecule has 1 atom stereocenters. The maximum absolute atomic E-state index is 12.5. The van der Waals surface area contributed by atoms with Gasteiger partial charge in [0.15, 0.2) is 0 Å². The predicted molar refractivity (Wildman–Crippen MR) is 67.8 cm³/mol. The number of nitrogens with one attached hydrogen (secondary N) is 1. The SMILES string of the molecule is CC1(CNc2cc(C(F)(F)F)ccn2)CCCS1. The summed E-state index contributed by atoms with van der Waals surface area (Å²) in [4.78, 5) is 3.92. The van der Waals surface area contributed by atoms with Gasteiger partial charge in [0.05, 0.1) is 5.56 Å². The summed E-state index contributed by atoms with van der Waals surface area (Å²) in [6.07, 6.45) is -0.872. The third kappa shape index (κ3) is 3.31. The van der Waals surface area contributed by atoms with Crippen molar-refractivity contribution < 1.29 is 13.2 Å². The number of hydrogen-bond donors (Lipinski definition) is 1. The van der Waals surface area contributed by atoms with Crippen LogP contribution >= 0.6 is 11.8 Å². The largest absolute Gasteiger partial charge is 0.416 e. The van der Waals surface area contributed by atoms with Crippen LogP contribution in [-0.2, 0) is 6.18 Å². The van der Waals surface area contributed by atoms with E-state index in [-0.39, 0.29) is 4.75 Å². The number of aromatic nitrogens is 1. The van der Waals surface area contributed by atoms with Crippen LogP contribution in [0.25, 0.3) is 0 Å². The van der Waals surface area contributed by atoms with E-state index in [0.717, 1.165) is 24.3 Å². The van der Waals surface area contributed by atoms with Crippen molar-refractivity contribution in [1.82, 2.24) is 4.98 Å². The summed E-state index contributed by atoms with van der Waals surface area (Å²) >= 11 is 1.86. The van der Waals surface area contributed by atoms with Crippen LogP contribution in [0.1, 0.15) is 25.3 Å². The molecule has 2 heterocycles. The van der Waals surface area contributed by atoms with Crippen LogP contribution in [0.4, 0.5) is 19.0 Å². The summed E-state index contributed by atoms with van der Waals surface area (Å²) in [5, 5.41) is 3.01. The quantitative estimate of drug-likeness (QED) is 0.909. The number of halogens is 3. The molecule has 6 heteroatoms. The van der Waals surface area contributed by atoms with Gasteiger partial charge in [0, 0.05) is 17.5 Å². The van der Waals surface area contributed by atoms with Crippen molar-refractivity contribution in [3.05, 3.63) is 23.9 Å². The highest BCUT2D eigenvalue weighted by Crippen LogP contribution is 2.37. The highest BCUT2D eigenvalue weighted by atomic mass is 32.2. The third-order valence-electron chi connectivity index (χ3n) is 3.03. The first-order chi connectivity index (χ1) is 8.39. The molecular weight excluding hydrogens is 261 g/mol. The number of thioether (sulfide) groups is 1. The van der Waals surface area contributed by atoms with Crippen molar-refractivity contribution in [2.24, 2.45) is 0 Å². The Balaban J connectivity index is 2.01. The highest BCUT2D eigenvalue weighted by molar-refractivity contribution is 8.00. The van der Waals surface area contributed by atoms with E-state index in [9.17, 15) is 13.2 Å². The molecule has 0 amide bonds. The van der Waals surface area contributed by atoms with Gasteiger partial charge in [-0.3, -0.25) is 0 Å². The van der Waals surface area contributed by atoms with Crippen LogP contribution in [0.2, 0.25) is 0 Å². The summed E-state index contributed by atoms with van der Waals surface area (Å²) in [6, 6.07) is 2.04. The second kappa shape index (κ2) is 4.99. The van der Waals surface area contributed by atoms with Crippen LogP contribution in [0, 0.1) is 0 Å². The number of anilines is 1. The zero-order chi connectivity index (χ0) is 13.2. The Hall–Kier alpha value is -0.910. The van der Waals surface area contributed by atoms with E-state index < -0.39 is 11.7 Å². The Kier molecular flexibility index (Phi) is 3.75.